The van der Waals surface area contributed by atoms with Crippen molar-refractivity contribution in [2.24, 2.45) is 5.92 Å². The summed E-state index contributed by atoms with van der Waals surface area (Å²) in [7, 11) is 0. The Morgan fingerprint density at radius 1 is 1.21 bits per heavy atom. The van der Waals surface area contributed by atoms with E-state index in [0.717, 1.165) is 12.4 Å². The second-order valence-electron chi connectivity index (χ2n) is 6.52. The Balaban J connectivity index is 2.01. The van der Waals surface area contributed by atoms with E-state index in [1.807, 2.05) is 0 Å². The number of hydrogen-bond donors (Lipinski definition) is 1. The van der Waals surface area contributed by atoms with Gasteiger partial charge in [0.25, 0.3) is 0 Å². The van der Waals surface area contributed by atoms with E-state index in [0.29, 0.717) is 17.6 Å². The number of ether oxygens (including phenoxy) is 1. The summed E-state index contributed by atoms with van der Waals surface area (Å²) in [6, 6.07) is 1.72. The maximum absolute atomic E-state index is 5.83. The number of aromatic nitrogens is 2. The molecule has 0 spiro atoms. The molecule has 0 saturated heterocycles. The molecule has 106 valence electrons. The van der Waals surface area contributed by atoms with E-state index < -0.39 is 0 Å². The Morgan fingerprint density at radius 2 is 1.89 bits per heavy atom. The quantitative estimate of drug-likeness (QED) is 0.908. The molecule has 19 heavy (non-hydrogen) atoms. The first-order valence-electron chi connectivity index (χ1n) is 7.23. The van der Waals surface area contributed by atoms with Crippen LogP contribution in [0.3, 0.4) is 0 Å². The number of rotatable bonds is 3. The lowest BCUT2D eigenvalue weighted by molar-refractivity contribution is 0.201. The zero-order valence-corrected chi connectivity index (χ0v) is 12.3. The minimum Gasteiger partial charge on any atom is -0.477 e. The van der Waals surface area contributed by atoms with Crippen molar-refractivity contribution in [2.75, 3.05) is 12.3 Å². The molecule has 0 amide bonds. The Morgan fingerprint density at radius 3 is 2.53 bits per heavy atom. The predicted molar refractivity (Wildman–Crippen MR) is 77.2 cm³/mol. The highest BCUT2D eigenvalue weighted by atomic mass is 16.5. The molecular formula is C15H25N3O. The standard InChI is InChI=1S/C15H25N3O/c1-15(2,3)14-17-12(16)9-13(18-14)19-10-11-7-5-4-6-8-11/h9,11H,4-8,10H2,1-3H3,(H2,16,17,18). The molecule has 0 bridgehead atoms. The van der Waals surface area contributed by atoms with E-state index in [4.69, 9.17) is 10.5 Å². The van der Waals surface area contributed by atoms with Gasteiger partial charge in [-0.25, -0.2) is 4.98 Å². The van der Waals surface area contributed by atoms with Crippen LogP contribution in [0.25, 0.3) is 0 Å². The highest BCUT2D eigenvalue weighted by Crippen LogP contribution is 2.26. The zero-order chi connectivity index (χ0) is 13.9. The maximum Gasteiger partial charge on any atom is 0.218 e. The first kappa shape index (κ1) is 14.1. The lowest BCUT2D eigenvalue weighted by Crippen LogP contribution is -2.19. The van der Waals surface area contributed by atoms with Crippen molar-refractivity contribution in [3.63, 3.8) is 0 Å². The van der Waals surface area contributed by atoms with Crippen LogP contribution in [-0.4, -0.2) is 16.6 Å². The van der Waals surface area contributed by atoms with Crippen molar-refractivity contribution in [1.29, 1.82) is 0 Å². The van der Waals surface area contributed by atoms with Gasteiger partial charge < -0.3 is 10.5 Å². The first-order chi connectivity index (χ1) is 8.95. The average molecular weight is 263 g/mol. The topological polar surface area (TPSA) is 61.0 Å². The normalized spacial score (nSPS) is 17.4. The smallest absolute Gasteiger partial charge is 0.218 e. The minimum absolute atomic E-state index is 0.113. The number of hydrogen-bond acceptors (Lipinski definition) is 4. The van der Waals surface area contributed by atoms with Gasteiger partial charge in [-0.05, 0) is 18.8 Å². The van der Waals surface area contributed by atoms with Crippen LogP contribution in [0.5, 0.6) is 5.88 Å². The molecule has 0 aliphatic heterocycles. The van der Waals surface area contributed by atoms with Crippen molar-refractivity contribution in [2.45, 2.75) is 58.3 Å². The third kappa shape index (κ3) is 4.08. The largest absolute Gasteiger partial charge is 0.477 e. The molecule has 1 aliphatic carbocycles. The van der Waals surface area contributed by atoms with Crippen LogP contribution in [0.1, 0.15) is 58.7 Å². The molecule has 4 heteroatoms. The minimum atomic E-state index is -0.113. The molecule has 4 nitrogen and oxygen atoms in total. The maximum atomic E-state index is 5.83. The van der Waals surface area contributed by atoms with Crippen molar-refractivity contribution >= 4 is 5.82 Å². The van der Waals surface area contributed by atoms with E-state index in [9.17, 15) is 0 Å². The van der Waals surface area contributed by atoms with Crippen LogP contribution in [0, 0.1) is 5.92 Å². The van der Waals surface area contributed by atoms with E-state index in [1.165, 1.54) is 32.1 Å². The third-order valence-electron chi connectivity index (χ3n) is 3.58. The van der Waals surface area contributed by atoms with Crippen molar-refractivity contribution in [1.82, 2.24) is 9.97 Å². The Kier molecular flexibility index (Phi) is 4.27. The summed E-state index contributed by atoms with van der Waals surface area (Å²) in [6.45, 7) is 6.98. The fourth-order valence-electron chi connectivity index (χ4n) is 2.41. The van der Waals surface area contributed by atoms with E-state index >= 15 is 0 Å². The lowest BCUT2D eigenvalue weighted by Gasteiger charge is -2.22. The zero-order valence-electron chi connectivity index (χ0n) is 12.3. The van der Waals surface area contributed by atoms with E-state index in [2.05, 4.69) is 30.7 Å². The Labute approximate surface area is 115 Å². The molecule has 1 aromatic rings. The number of nitrogens with zero attached hydrogens (tertiary/aromatic N) is 2. The average Bonchev–Trinajstić information content (AvgIpc) is 2.36. The third-order valence-corrected chi connectivity index (χ3v) is 3.58. The molecular weight excluding hydrogens is 238 g/mol. The van der Waals surface area contributed by atoms with Crippen LogP contribution < -0.4 is 10.5 Å². The molecule has 2 rings (SSSR count). The predicted octanol–water partition coefficient (Wildman–Crippen LogP) is 3.32. The molecule has 1 aromatic heterocycles. The molecule has 1 heterocycles. The SMILES string of the molecule is CC(C)(C)c1nc(N)cc(OCC2CCCCC2)n1. The van der Waals surface area contributed by atoms with Gasteiger partial charge in [0, 0.05) is 11.5 Å². The summed E-state index contributed by atoms with van der Waals surface area (Å²) < 4.78 is 5.83. The van der Waals surface area contributed by atoms with Gasteiger partial charge in [0.05, 0.1) is 6.61 Å². The summed E-state index contributed by atoms with van der Waals surface area (Å²) in [6.07, 6.45) is 6.56. The van der Waals surface area contributed by atoms with Crippen LogP contribution >= 0.6 is 0 Å². The molecule has 1 aliphatic rings. The van der Waals surface area contributed by atoms with Gasteiger partial charge in [0.2, 0.25) is 5.88 Å². The first-order valence-corrected chi connectivity index (χ1v) is 7.23. The van der Waals surface area contributed by atoms with Crippen LogP contribution in [0.15, 0.2) is 6.07 Å². The number of anilines is 1. The summed E-state index contributed by atoms with van der Waals surface area (Å²) in [5.41, 5.74) is 5.72. The number of nitrogen functional groups attached to an aromatic ring is 1. The summed E-state index contributed by atoms with van der Waals surface area (Å²) in [5.74, 6) is 2.51. The molecule has 0 aromatic carbocycles. The van der Waals surface area contributed by atoms with Crippen molar-refractivity contribution in [3.05, 3.63) is 11.9 Å². The van der Waals surface area contributed by atoms with Crippen molar-refractivity contribution < 1.29 is 4.74 Å². The summed E-state index contributed by atoms with van der Waals surface area (Å²) in [5, 5.41) is 0. The summed E-state index contributed by atoms with van der Waals surface area (Å²) >= 11 is 0. The Hall–Kier alpha value is -1.32. The van der Waals surface area contributed by atoms with Crippen molar-refractivity contribution in [3.8, 4) is 5.88 Å². The van der Waals surface area contributed by atoms with E-state index in [-0.39, 0.29) is 5.41 Å². The van der Waals surface area contributed by atoms with Gasteiger partial charge in [0.1, 0.15) is 11.6 Å². The fourth-order valence-corrected chi connectivity index (χ4v) is 2.41. The molecule has 1 fully saturated rings. The fraction of sp³-hybridized carbons (Fsp3) is 0.733. The molecule has 0 atom stereocenters. The van der Waals surface area contributed by atoms with Gasteiger partial charge in [0.15, 0.2) is 0 Å². The molecule has 0 radical (unpaired) electrons. The molecule has 0 unspecified atom stereocenters. The monoisotopic (exact) mass is 263 g/mol. The van der Waals surface area contributed by atoms with Crippen LogP contribution in [-0.2, 0) is 5.41 Å². The highest BCUT2D eigenvalue weighted by Gasteiger charge is 2.20. The second-order valence-corrected chi connectivity index (χ2v) is 6.52. The summed E-state index contributed by atoms with van der Waals surface area (Å²) in [4.78, 5) is 8.76. The van der Waals surface area contributed by atoms with Gasteiger partial charge in [-0.3, -0.25) is 0 Å². The number of nitrogens with two attached hydrogens (primary N) is 1. The van der Waals surface area contributed by atoms with E-state index in [1.54, 1.807) is 6.07 Å². The highest BCUT2D eigenvalue weighted by molar-refractivity contribution is 5.34. The lowest BCUT2D eigenvalue weighted by atomic mass is 9.90. The van der Waals surface area contributed by atoms with Crippen LogP contribution in [0.4, 0.5) is 5.82 Å². The van der Waals surface area contributed by atoms with Gasteiger partial charge in [-0.1, -0.05) is 40.0 Å². The van der Waals surface area contributed by atoms with Gasteiger partial charge in [-0.2, -0.15) is 4.98 Å². The van der Waals surface area contributed by atoms with Gasteiger partial charge in [-0.15, -0.1) is 0 Å². The Bertz CT molecular complexity index is 420. The molecule has 1 saturated carbocycles. The molecule has 2 N–H and O–H groups in total. The van der Waals surface area contributed by atoms with Gasteiger partial charge >= 0.3 is 0 Å². The van der Waals surface area contributed by atoms with Crippen LogP contribution in [0.2, 0.25) is 0 Å². The second kappa shape index (κ2) is 5.76.